The molecule has 4 rings (SSSR count). The van der Waals surface area contributed by atoms with Gasteiger partial charge in [-0.1, -0.05) is 29.5 Å². The average Bonchev–Trinajstić information content (AvgIpc) is 3.16. The minimum absolute atomic E-state index is 0.00803. The van der Waals surface area contributed by atoms with Gasteiger partial charge in [0.2, 0.25) is 0 Å². The molecular formula is C22H25N3O3S. The van der Waals surface area contributed by atoms with Crippen molar-refractivity contribution in [3.63, 3.8) is 0 Å². The number of aryl methyl sites for hydroxylation is 2. The molecule has 1 fully saturated rings. The van der Waals surface area contributed by atoms with Crippen LogP contribution < -0.4 is 14.4 Å². The Morgan fingerprint density at radius 1 is 1.10 bits per heavy atom. The van der Waals surface area contributed by atoms with Crippen molar-refractivity contribution in [3.8, 4) is 11.5 Å². The van der Waals surface area contributed by atoms with Crippen LogP contribution in [0.3, 0.4) is 0 Å². The van der Waals surface area contributed by atoms with E-state index in [1.54, 1.807) is 24.5 Å². The first-order valence-electron chi connectivity index (χ1n) is 9.71. The molecule has 0 bridgehead atoms. The smallest absolute Gasteiger partial charge is 0.260 e. The van der Waals surface area contributed by atoms with Crippen LogP contribution in [0, 0.1) is 13.8 Å². The molecule has 0 saturated carbocycles. The van der Waals surface area contributed by atoms with Crippen LogP contribution in [0.15, 0.2) is 36.4 Å². The maximum atomic E-state index is 12.6. The van der Waals surface area contributed by atoms with Gasteiger partial charge in [-0.25, -0.2) is 4.98 Å². The molecule has 29 heavy (non-hydrogen) atoms. The summed E-state index contributed by atoms with van der Waals surface area (Å²) in [6, 6.07) is 11.7. The molecule has 2 heterocycles. The minimum Gasteiger partial charge on any atom is -0.493 e. The number of hydrogen-bond donors (Lipinski definition) is 0. The molecule has 1 amide bonds. The Hall–Kier alpha value is -2.80. The Bertz CT molecular complexity index is 1030. The molecule has 152 valence electrons. The van der Waals surface area contributed by atoms with Gasteiger partial charge in [-0.3, -0.25) is 4.79 Å². The number of methoxy groups -OCH3 is 1. The van der Waals surface area contributed by atoms with E-state index in [1.165, 1.54) is 15.8 Å². The van der Waals surface area contributed by atoms with E-state index in [-0.39, 0.29) is 12.5 Å². The fourth-order valence-corrected chi connectivity index (χ4v) is 4.80. The third-order valence-corrected chi connectivity index (χ3v) is 6.20. The molecule has 0 atom stereocenters. The van der Waals surface area contributed by atoms with Crippen LogP contribution in [0.1, 0.15) is 11.1 Å². The molecule has 3 aromatic rings. The molecule has 6 nitrogen and oxygen atoms in total. The zero-order chi connectivity index (χ0) is 20.4. The minimum atomic E-state index is -0.00803. The highest BCUT2D eigenvalue weighted by Gasteiger charge is 2.24. The second kappa shape index (κ2) is 8.29. The highest BCUT2D eigenvalue weighted by molar-refractivity contribution is 7.22. The molecule has 1 saturated heterocycles. The molecule has 1 aliphatic heterocycles. The highest BCUT2D eigenvalue weighted by Crippen LogP contribution is 2.32. The number of anilines is 1. The number of thiazole rings is 1. The Kier molecular flexibility index (Phi) is 5.58. The maximum absolute atomic E-state index is 12.6. The van der Waals surface area contributed by atoms with Gasteiger partial charge in [0.15, 0.2) is 23.2 Å². The third-order valence-electron chi connectivity index (χ3n) is 5.14. The normalized spacial score (nSPS) is 14.3. The van der Waals surface area contributed by atoms with Crippen molar-refractivity contribution < 1.29 is 14.3 Å². The van der Waals surface area contributed by atoms with Crippen molar-refractivity contribution in [2.24, 2.45) is 0 Å². The van der Waals surface area contributed by atoms with Crippen LogP contribution in [0.25, 0.3) is 10.2 Å². The predicted octanol–water partition coefficient (Wildman–Crippen LogP) is 3.65. The maximum Gasteiger partial charge on any atom is 0.260 e. The van der Waals surface area contributed by atoms with E-state index < -0.39 is 0 Å². The third kappa shape index (κ3) is 4.15. The van der Waals surface area contributed by atoms with Crippen LogP contribution in [-0.2, 0) is 4.79 Å². The zero-order valence-electron chi connectivity index (χ0n) is 17.0. The number of amides is 1. The second-order valence-corrected chi connectivity index (χ2v) is 8.24. The first-order chi connectivity index (χ1) is 14.0. The highest BCUT2D eigenvalue weighted by atomic mass is 32.1. The van der Waals surface area contributed by atoms with Crippen molar-refractivity contribution in [1.82, 2.24) is 9.88 Å². The monoisotopic (exact) mass is 411 g/mol. The number of carbonyl (C=O) groups excluding carboxylic acids is 1. The fourth-order valence-electron chi connectivity index (χ4n) is 3.61. The molecule has 7 heteroatoms. The Labute approximate surface area is 174 Å². The van der Waals surface area contributed by atoms with Gasteiger partial charge < -0.3 is 19.3 Å². The summed E-state index contributed by atoms with van der Waals surface area (Å²) in [5.74, 6) is 1.21. The lowest BCUT2D eigenvalue weighted by molar-refractivity contribution is -0.133. The van der Waals surface area contributed by atoms with Gasteiger partial charge in [0, 0.05) is 26.2 Å². The number of para-hydroxylation sites is 2. The molecule has 0 radical (unpaired) electrons. The number of rotatable bonds is 5. The molecule has 0 spiro atoms. The van der Waals surface area contributed by atoms with Crippen LogP contribution in [0.5, 0.6) is 11.5 Å². The van der Waals surface area contributed by atoms with Crippen molar-refractivity contribution >= 4 is 32.6 Å². The predicted molar refractivity (Wildman–Crippen MR) is 116 cm³/mol. The largest absolute Gasteiger partial charge is 0.493 e. The van der Waals surface area contributed by atoms with E-state index in [0.29, 0.717) is 24.6 Å². The lowest BCUT2D eigenvalue weighted by Crippen LogP contribution is -2.50. The Morgan fingerprint density at radius 3 is 2.55 bits per heavy atom. The van der Waals surface area contributed by atoms with Crippen molar-refractivity contribution in [3.05, 3.63) is 47.5 Å². The number of aromatic nitrogens is 1. The van der Waals surface area contributed by atoms with Gasteiger partial charge in [-0.05, 0) is 43.2 Å². The summed E-state index contributed by atoms with van der Waals surface area (Å²) in [5.41, 5.74) is 3.56. The van der Waals surface area contributed by atoms with E-state index in [9.17, 15) is 4.79 Å². The van der Waals surface area contributed by atoms with Crippen molar-refractivity contribution in [2.45, 2.75) is 13.8 Å². The van der Waals surface area contributed by atoms with Gasteiger partial charge in [-0.15, -0.1) is 0 Å². The first-order valence-corrected chi connectivity index (χ1v) is 10.5. The van der Waals surface area contributed by atoms with Gasteiger partial charge in [0.1, 0.15) is 0 Å². The summed E-state index contributed by atoms with van der Waals surface area (Å²) < 4.78 is 12.2. The fraction of sp³-hybridized carbons (Fsp3) is 0.364. The lowest BCUT2D eigenvalue weighted by atomic mass is 10.1. The van der Waals surface area contributed by atoms with Gasteiger partial charge >= 0.3 is 0 Å². The summed E-state index contributed by atoms with van der Waals surface area (Å²) in [6.45, 7) is 7.13. The number of nitrogens with zero attached hydrogens (tertiary/aromatic N) is 3. The SMILES string of the molecule is COc1ccccc1OCC(=O)N1CCN(c2nc3c(C)cc(C)cc3s2)CC1. The lowest BCUT2D eigenvalue weighted by Gasteiger charge is -2.34. The van der Waals surface area contributed by atoms with Gasteiger partial charge in [0.05, 0.1) is 17.3 Å². The molecule has 0 unspecified atom stereocenters. The molecule has 0 N–H and O–H groups in total. The molecular weight excluding hydrogens is 386 g/mol. The van der Waals surface area contributed by atoms with E-state index in [4.69, 9.17) is 14.5 Å². The standard InChI is InChI=1S/C22H25N3O3S/c1-15-12-16(2)21-19(13-15)29-22(23-21)25-10-8-24(9-11-25)20(26)14-28-18-7-5-4-6-17(18)27-3/h4-7,12-13H,8-11,14H2,1-3H3. The quantitative estimate of drug-likeness (QED) is 0.642. The summed E-state index contributed by atoms with van der Waals surface area (Å²) >= 11 is 1.73. The van der Waals surface area contributed by atoms with Crippen molar-refractivity contribution in [2.75, 3.05) is 44.8 Å². The van der Waals surface area contributed by atoms with E-state index >= 15 is 0 Å². The van der Waals surface area contributed by atoms with Gasteiger partial charge in [0.25, 0.3) is 5.91 Å². The topological polar surface area (TPSA) is 54.9 Å². The average molecular weight is 412 g/mol. The van der Waals surface area contributed by atoms with E-state index in [0.717, 1.165) is 23.7 Å². The zero-order valence-corrected chi connectivity index (χ0v) is 17.8. The van der Waals surface area contributed by atoms with Gasteiger partial charge in [-0.2, -0.15) is 0 Å². The number of carbonyl (C=O) groups is 1. The molecule has 1 aromatic heterocycles. The Balaban J connectivity index is 1.35. The summed E-state index contributed by atoms with van der Waals surface area (Å²) in [5, 5.41) is 1.03. The summed E-state index contributed by atoms with van der Waals surface area (Å²) in [4.78, 5) is 21.5. The number of hydrogen-bond acceptors (Lipinski definition) is 6. The van der Waals surface area contributed by atoms with Crippen LogP contribution in [0.4, 0.5) is 5.13 Å². The van der Waals surface area contributed by atoms with Crippen LogP contribution in [0.2, 0.25) is 0 Å². The van der Waals surface area contributed by atoms with Crippen LogP contribution >= 0.6 is 11.3 Å². The summed E-state index contributed by atoms with van der Waals surface area (Å²) in [6.07, 6.45) is 0. The molecule has 1 aliphatic rings. The molecule has 2 aromatic carbocycles. The van der Waals surface area contributed by atoms with Crippen LogP contribution in [-0.4, -0.2) is 55.7 Å². The Morgan fingerprint density at radius 2 is 1.83 bits per heavy atom. The first kappa shape index (κ1) is 19.5. The number of ether oxygens (including phenoxy) is 2. The number of fused-ring (bicyclic) bond motifs is 1. The van der Waals surface area contributed by atoms with E-state index in [2.05, 4.69) is 30.9 Å². The van der Waals surface area contributed by atoms with E-state index in [1.807, 2.05) is 23.1 Å². The number of benzene rings is 2. The summed E-state index contributed by atoms with van der Waals surface area (Å²) in [7, 11) is 1.59. The number of piperazine rings is 1. The second-order valence-electron chi connectivity index (χ2n) is 7.23. The molecule has 0 aliphatic carbocycles. The van der Waals surface area contributed by atoms with Crippen molar-refractivity contribution in [1.29, 1.82) is 0 Å².